The maximum atomic E-state index is 14.2. The van der Waals surface area contributed by atoms with Gasteiger partial charge in [-0.15, -0.1) is 0 Å². The molecule has 2 N–H and O–H groups in total. The summed E-state index contributed by atoms with van der Waals surface area (Å²) in [6.07, 6.45) is -1.67. The number of allylic oxidation sites excluding steroid dienone is 1. The van der Waals surface area contributed by atoms with Crippen molar-refractivity contribution < 1.29 is 27.6 Å². The highest BCUT2D eigenvalue weighted by molar-refractivity contribution is 6.05. The zero-order valence-corrected chi connectivity index (χ0v) is 24.2. The van der Waals surface area contributed by atoms with Crippen molar-refractivity contribution in [3.8, 4) is 5.69 Å². The standard InChI is InChI=1S/C33H30F3N5O3/c1-4-11-26(42)37-24-15-10-12-21(19-24)28-27-20(3)39-41(25-16-7-6-8-17-25)31(27)40(5-2)32(44)29(28)38-30(43)22-13-9-14-23(18-22)33(34,35)36/h4,6-19,28-29H,5H2,1-3H3,(H,37,42)(H,38,43)/b11-4+/t28-,29+/m0/s1. The van der Waals surface area contributed by atoms with Crippen molar-refractivity contribution in [3.05, 3.63) is 119 Å². The number of carbonyl (C=O) groups is 3. The van der Waals surface area contributed by atoms with Crippen LogP contribution in [0.3, 0.4) is 0 Å². The highest BCUT2D eigenvalue weighted by Gasteiger charge is 2.45. The van der Waals surface area contributed by atoms with Crippen LogP contribution in [0.25, 0.3) is 5.69 Å². The molecule has 0 saturated heterocycles. The van der Waals surface area contributed by atoms with Crippen LogP contribution in [0.5, 0.6) is 0 Å². The van der Waals surface area contributed by atoms with Gasteiger partial charge in [-0.3, -0.25) is 19.3 Å². The predicted octanol–water partition coefficient (Wildman–Crippen LogP) is 6.01. The van der Waals surface area contributed by atoms with Crippen LogP contribution in [0.1, 0.15) is 52.5 Å². The number of aromatic nitrogens is 2. The average Bonchev–Trinajstić information content (AvgIpc) is 3.34. The van der Waals surface area contributed by atoms with Gasteiger partial charge in [0.2, 0.25) is 5.91 Å². The molecule has 4 aromatic rings. The Bertz CT molecular complexity index is 1750. The fourth-order valence-electron chi connectivity index (χ4n) is 5.50. The largest absolute Gasteiger partial charge is 0.416 e. The number of rotatable bonds is 7. The SMILES string of the molecule is C/C=C/C(=O)Nc1cccc([C@H]2c3c(C)nn(-c4ccccc4)c3N(CC)C(=O)[C@@H]2NC(=O)c2cccc(C(F)(F)F)c2)c1. The zero-order chi connectivity index (χ0) is 31.6. The third-order valence-electron chi connectivity index (χ3n) is 7.40. The van der Waals surface area contributed by atoms with E-state index in [2.05, 4.69) is 10.6 Å². The van der Waals surface area contributed by atoms with Crippen molar-refractivity contribution in [3.63, 3.8) is 0 Å². The van der Waals surface area contributed by atoms with E-state index in [1.165, 1.54) is 17.0 Å². The van der Waals surface area contributed by atoms with Crippen LogP contribution < -0.4 is 15.5 Å². The number of para-hydroxylation sites is 1. The van der Waals surface area contributed by atoms with E-state index in [0.29, 0.717) is 28.3 Å². The number of hydrogen-bond acceptors (Lipinski definition) is 4. The lowest BCUT2D eigenvalue weighted by molar-refractivity contribution is -0.137. The van der Waals surface area contributed by atoms with Gasteiger partial charge in [0.05, 0.1) is 16.9 Å². The lowest BCUT2D eigenvalue weighted by Crippen LogP contribution is -2.55. The summed E-state index contributed by atoms with van der Waals surface area (Å²) >= 11 is 0. The minimum Gasteiger partial charge on any atom is -0.339 e. The number of likely N-dealkylation sites (N-methyl/N-ethyl adjacent to an activating group) is 1. The second-order valence-corrected chi connectivity index (χ2v) is 10.3. The Kier molecular flexibility index (Phi) is 8.39. The van der Waals surface area contributed by atoms with Gasteiger partial charge in [-0.25, -0.2) is 4.68 Å². The van der Waals surface area contributed by atoms with E-state index >= 15 is 0 Å². The van der Waals surface area contributed by atoms with Gasteiger partial charge in [0.15, 0.2) is 0 Å². The summed E-state index contributed by atoms with van der Waals surface area (Å²) in [6.45, 7) is 5.56. The van der Waals surface area contributed by atoms with Gasteiger partial charge in [-0.2, -0.15) is 18.3 Å². The topological polar surface area (TPSA) is 96.3 Å². The summed E-state index contributed by atoms with van der Waals surface area (Å²) in [5.74, 6) is -1.88. The molecule has 3 amide bonds. The Morgan fingerprint density at radius 3 is 2.41 bits per heavy atom. The van der Waals surface area contributed by atoms with Crippen LogP contribution in [0.2, 0.25) is 0 Å². The molecule has 3 aromatic carbocycles. The Morgan fingerprint density at radius 2 is 1.73 bits per heavy atom. The Hall–Kier alpha value is -5.19. The first-order valence-electron chi connectivity index (χ1n) is 14.0. The minimum absolute atomic E-state index is 0.232. The lowest BCUT2D eigenvalue weighted by Gasteiger charge is -2.38. The number of carbonyl (C=O) groups excluding carboxylic acids is 3. The van der Waals surface area contributed by atoms with E-state index in [-0.39, 0.29) is 18.0 Å². The molecule has 8 nitrogen and oxygen atoms in total. The maximum absolute atomic E-state index is 14.2. The molecule has 1 aliphatic rings. The number of alkyl halides is 3. The minimum atomic E-state index is -4.64. The lowest BCUT2D eigenvalue weighted by atomic mass is 9.81. The first kappa shape index (κ1) is 30.3. The summed E-state index contributed by atoms with van der Waals surface area (Å²) in [5, 5.41) is 10.3. The quantitative estimate of drug-likeness (QED) is 0.254. The molecule has 2 heterocycles. The normalized spacial score (nSPS) is 16.6. The highest BCUT2D eigenvalue weighted by Crippen LogP contribution is 2.44. The van der Waals surface area contributed by atoms with E-state index in [1.54, 1.807) is 55.8 Å². The number of fused-ring (bicyclic) bond motifs is 1. The molecule has 0 bridgehead atoms. The molecule has 0 spiro atoms. The second kappa shape index (κ2) is 12.2. The molecule has 0 radical (unpaired) electrons. The summed E-state index contributed by atoms with van der Waals surface area (Å²) in [5.41, 5.74) is 1.85. The third kappa shape index (κ3) is 5.85. The Labute approximate surface area is 252 Å². The van der Waals surface area contributed by atoms with Crippen LogP contribution in [0, 0.1) is 6.92 Å². The van der Waals surface area contributed by atoms with Gasteiger partial charge in [0.25, 0.3) is 11.8 Å². The monoisotopic (exact) mass is 601 g/mol. The number of halogens is 3. The number of nitrogens with zero attached hydrogens (tertiary/aromatic N) is 3. The van der Waals surface area contributed by atoms with Gasteiger partial charge in [-0.1, -0.05) is 42.5 Å². The molecule has 0 unspecified atom stereocenters. The fraction of sp³-hybridized carbons (Fsp3) is 0.212. The molecule has 44 heavy (non-hydrogen) atoms. The van der Waals surface area contributed by atoms with E-state index in [1.807, 2.05) is 30.3 Å². The van der Waals surface area contributed by atoms with Crippen molar-refractivity contribution in [2.75, 3.05) is 16.8 Å². The number of anilines is 2. The smallest absolute Gasteiger partial charge is 0.339 e. The summed E-state index contributed by atoms with van der Waals surface area (Å²) in [4.78, 5) is 41.6. The van der Waals surface area contributed by atoms with Crippen molar-refractivity contribution in [2.24, 2.45) is 0 Å². The first-order valence-corrected chi connectivity index (χ1v) is 14.0. The molecule has 1 aliphatic heterocycles. The van der Waals surface area contributed by atoms with Crippen molar-refractivity contribution in [1.82, 2.24) is 15.1 Å². The summed E-state index contributed by atoms with van der Waals surface area (Å²) in [6, 6.07) is 19.1. The van der Waals surface area contributed by atoms with Gasteiger partial charge in [0, 0.05) is 29.3 Å². The van der Waals surface area contributed by atoms with Gasteiger partial charge in [-0.05, 0) is 74.9 Å². The van der Waals surface area contributed by atoms with Crippen molar-refractivity contribution >= 4 is 29.2 Å². The molecule has 0 saturated carbocycles. The number of amides is 3. The molecule has 226 valence electrons. The Morgan fingerprint density at radius 1 is 1.00 bits per heavy atom. The third-order valence-corrected chi connectivity index (χ3v) is 7.40. The number of hydrogen-bond donors (Lipinski definition) is 2. The van der Waals surface area contributed by atoms with Crippen LogP contribution in [-0.4, -0.2) is 40.1 Å². The van der Waals surface area contributed by atoms with Crippen LogP contribution in [0.4, 0.5) is 24.7 Å². The van der Waals surface area contributed by atoms with E-state index < -0.39 is 35.5 Å². The second-order valence-electron chi connectivity index (χ2n) is 10.3. The predicted molar refractivity (Wildman–Crippen MR) is 161 cm³/mol. The molecular formula is C33H30F3N5O3. The summed E-state index contributed by atoms with van der Waals surface area (Å²) in [7, 11) is 0. The fourth-order valence-corrected chi connectivity index (χ4v) is 5.50. The molecule has 1 aromatic heterocycles. The summed E-state index contributed by atoms with van der Waals surface area (Å²) < 4.78 is 42.0. The highest BCUT2D eigenvalue weighted by atomic mass is 19.4. The maximum Gasteiger partial charge on any atom is 0.416 e. The molecule has 0 fully saturated rings. The van der Waals surface area contributed by atoms with Gasteiger partial charge >= 0.3 is 6.18 Å². The number of aryl methyl sites for hydroxylation is 1. The number of nitrogens with one attached hydrogen (secondary N) is 2. The van der Waals surface area contributed by atoms with E-state index in [9.17, 15) is 27.6 Å². The van der Waals surface area contributed by atoms with E-state index in [0.717, 1.165) is 23.9 Å². The van der Waals surface area contributed by atoms with Crippen LogP contribution >= 0.6 is 0 Å². The van der Waals surface area contributed by atoms with Crippen molar-refractivity contribution in [2.45, 2.75) is 38.9 Å². The first-order chi connectivity index (χ1) is 21.0. The average molecular weight is 602 g/mol. The van der Waals surface area contributed by atoms with Crippen LogP contribution in [-0.2, 0) is 15.8 Å². The van der Waals surface area contributed by atoms with Gasteiger partial charge < -0.3 is 10.6 Å². The van der Waals surface area contributed by atoms with Crippen molar-refractivity contribution in [1.29, 1.82) is 0 Å². The molecule has 0 aliphatic carbocycles. The zero-order valence-electron chi connectivity index (χ0n) is 24.2. The molecule has 2 atom stereocenters. The molecule has 5 rings (SSSR count). The molecule has 11 heteroatoms. The van der Waals surface area contributed by atoms with Crippen LogP contribution in [0.15, 0.2) is 91.0 Å². The Balaban J connectivity index is 1.66. The van der Waals surface area contributed by atoms with Gasteiger partial charge in [0.1, 0.15) is 11.9 Å². The molecular weight excluding hydrogens is 571 g/mol. The van der Waals surface area contributed by atoms with E-state index in [4.69, 9.17) is 5.10 Å². The number of benzene rings is 3.